The lowest BCUT2D eigenvalue weighted by molar-refractivity contribution is 0.490. The first-order valence-electron chi connectivity index (χ1n) is 6.61. The number of furan rings is 1. The summed E-state index contributed by atoms with van der Waals surface area (Å²) in [6.45, 7) is 0.679. The topological polar surface area (TPSA) is 31.0 Å². The second-order valence-electron chi connectivity index (χ2n) is 4.70. The van der Waals surface area contributed by atoms with Crippen LogP contribution in [0.2, 0.25) is 5.02 Å². The number of halogens is 3. The third kappa shape index (κ3) is 2.92. The Morgan fingerprint density at radius 1 is 1.29 bits per heavy atom. The van der Waals surface area contributed by atoms with E-state index < -0.39 is 5.82 Å². The van der Waals surface area contributed by atoms with E-state index in [9.17, 15) is 4.39 Å². The van der Waals surface area contributed by atoms with Gasteiger partial charge in [-0.2, -0.15) is 0 Å². The molecule has 0 aliphatic carbocycles. The molecule has 0 radical (unpaired) electrons. The van der Waals surface area contributed by atoms with Crippen LogP contribution in [-0.4, -0.2) is 15.4 Å². The molecule has 110 valence electrons. The standard InChI is InChI=1S/C15H13Cl2FN2O/c16-5-3-15-19-13-9-12(18)11(17)8-14(13)20(15)6-4-10-2-1-7-21-10/h1-2,7-9H,3-6H2. The van der Waals surface area contributed by atoms with Gasteiger partial charge < -0.3 is 8.98 Å². The van der Waals surface area contributed by atoms with Crippen LogP contribution in [0.3, 0.4) is 0 Å². The lowest BCUT2D eigenvalue weighted by Crippen LogP contribution is -2.06. The first-order chi connectivity index (χ1) is 10.2. The van der Waals surface area contributed by atoms with Gasteiger partial charge in [0.2, 0.25) is 0 Å². The Hall–Kier alpha value is -1.52. The maximum atomic E-state index is 13.6. The molecule has 3 nitrogen and oxygen atoms in total. The largest absolute Gasteiger partial charge is 0.469 e. The van der Waals surface area contributed by atoms with Gasteiger partial charge in [-0.3, -0.25) is 0 Å². The van der Waals surface area contributed by atoms with Gasteiger partial charge in [0.15, 0.2) is 0 Å². The number of benzene rings is 1. The molecule has 0 bridgehead atoms. The highest BCUT2D eigenvalue weighted by Gasteiger charge is 2.13. The summed E-state index contributed by atoms with van der Waals surface area (Å²) in [5, 5.41) is 0.0964. The van der Waals surface area contributed by atoms with Gasteiger partial charge in [0, 0.05) is 31.3 Å². The number of aromatic nitrogens is 2. The number of imidazole rings is 1. The molecular formula is C15H13Cl2FN2O. The zero-order valence-electron chi connectivity index (χ0n) is 11.2. The molecule has 3 aromatic rings. The van der Waals surface area contributed by atoms with E-state index in [0.717, 1.165) is 23.5 Å². The monoisotopic (exact) mass is 326 g/mol. The van der Waals surface area contributed by atoms with Gasteiger partial charge in [0.1, 0.15) is 17.4 Å². The van der Waals surface area contributed by atoms with Gasteiger partial charge in [-0.15, -0.1) is 11.6 Å². The minimum atomic E-state index is -0.461. The van der Waals surface area contributed by atoms with Crippen LogP contribution in [0.1, 0.15) is 11.6 Å². The Labute approximate surface area is 131 Å². The van der Waals surface area contributed by atoms with Crippen LogP contribution >= 0.6 is 23.2 Å². The van der Waals surface area contributed by atoms with Crippen LogP contribution in [0.15, 0.2) is 34.9 Å². The van der Waals surface area contributed by atoms with Crippen molar-refractivity contribution in [1.29, 1.82) is 0 Å². The first kappa shape index (κ1) is 14.4. The molecule has 0 spiro atoms. The average molecular weight is 327 g/mol. The molecule has 2 heterocycles. The number of hydrogen-bond donors (Lipinski definition) is 0. The number of alkyl halides is 1. The van der Waals surface area contributed by atoms with E-state index in [1.54, 1.807) is 12.3 Å². The summed E-state index contributed by atoms with van der Waals surface area (Å²) in [6, 6.07) is 6.75. The molecule has 0 saturated heterocycles. The number of aryl methyl sites for hydroxylation is 3. The van der Waals surface area contributed by atoms with Crippen LogP contribution in [0.4, 0.5) is 4.39 Å². The number of fused-ring (bicyclic) bond motifs is 1. The van der Waals surface area contributed by atoms with E-state index in [0.29, 0.717) is 24.4 Å². The van der Waals surface area contributed by atoms with Crippen LogP contribution in [0.5, 0.6) is 0 Å². The molecule has 3 rings (SSSR count). The summed E-state index contributed by atoms with van der Waals surface area (Å²) in [7, 11) is 0. The van der Waals surface area contributed by atoms with Crippen molar-refractivity contribution >= 4 is 34.2 Å². The Kier molecular flexibility index (Phi) is 4.17. The second kappa shape index (κ2) is 6.08. The molecule has 6 heteroatoms. The van der Waals surface area contributed by atoms with Crippen molar-refractivity contribution < 1.29 is 8.81 Å². The highest BCUT2D eigenvalue weighted by atomic mass is 35.5. The van der Waals surface area contributed by atoms with E-state index in [1.807, 2.05) is 16.7 Å². The summed E-state index contributed by atoms with van der Waals surface area (Å²) in [5.74, 6) is 1.72. The predicted octanol–water partition coefficient (Wildman–Crippen LogP) is 4.45. The van der Waals surface area contributed by atoms with Crippen molar-refractivity contribution in [3.63, 3.8) is 0 Å². The fourth-order valence-electron chi connectivity index (χ4n) is 2.37. The third-order valence-electron chi connectivity index (χ3n) is 3.35. The molecule has 0 atom stereocenters. The summed E-state index contributed by atoms with van der Waals surface area (Å²) >= 11 is 11.7. The van der Waals surface area contributed by atoms with E-state index in [1.165, 1.54) is 6.07 Å². The maximum Gasteiger partial charge on any atom is 0.144 e. The van der Waals surface area contributed by atoms with Gasteiger partial charge in [-0.25, -0.2) is 9.37 Å². The molecule has 0 fully saturated rings. The van der Waals surface area contributed by atoms with E-state index in [2.05, 4.69) is 4.98 Å². The molecule has 0 aliphatic heterocycles. The van der Waals surface area contributed by atoms with E-state index in [-0.39, 0.29) is 5.02 Å². The van der Waals surface area contributed by atoms with Crippen LogP contribution < -0.4 is 0 Å². The van der Waals surface area contributed by atoms with Gasteiger partial charge in [-0.1, -0.05) is 11.6 Å². The van der Waals surface area contributed by atoms with Gasteiger partial charge in [0.25, 0.3) is 0 Å². The molecule has 21 heavy (non-hydrogen) atoms. The summed E-state index contributed by atoms with van der Waals surface area (Å²) in [5.41, 5.74) is 1.41. The highest BCUT2D eigenvalue weighted by molar-refractivity contribution is 6.31. The Bertz CT molecular complexity index is 753. The molecule has 2 aromatic heterocycles. The predicted molar refractivity (Wildman–Crippen MR) is 81.5 cm³/mol. The maximum absolute atomic E-state index is 13.6. The molecule has 0 saturated carbocycles. The Balaban J connectivity index is 2.00. The lowest BCUT2D eigenvalue weighted by Gasteiger charge is -2.07. The van der Waals surface area contributed by atoms with Gasteiger partial charge in [0.05, 0.1) is 22.3 Å². The van der Waals surface area contributed by atoms with Crippen molar-refractivity contribution in [3.8, 4) is 0 Å². The molecule has 0 amide bonds. The number of hydrogen-bond acceptors (Lipinski definition) is 2. The molecular weight excluding hydrogens is 314 g/mol. The zero-order valence-corrected chi connectivity index (χ0v) is 12.7. The Morgan fingerprint density at radius 2 is 2.14 bits per heavy atom. The van der Waals surface area contributed by atoms with Gasteiger partial charge in [-0.05, 0) is 18.2 Å². The molecule has 0 N–H and O–H groups in total. The number of rotatable bonds is 5. The quantitative estimate of drug-likeness (QED) is 0.649. The lowest BCUT2D eigenvalue weighted by atomic mass is 10.3. The van der Waals surface area contributed by atoms with Crippen LogP contribution in [-0.2, 0) is 19.4 Å². The van der Waals surface area contributed by atoms with E-state index in [4.69, 9.17) is 27.6 Å². The minimum Gasteiger partial charge on any atom is -0.469 e. The van der Waals surface area contributed by atoms with Crippen molar-refractivity contribution in [3.05, 3.63) is 53.0 Å². The first-order valence-corrected chi connectivity index (χ1v) is 7.53. The summed E-state index contributed by atoms with van der Waals surface area (Å²) in [6.07, 6.45) is 2.99. The molecule has 0 unspecified atom stereocenters. The van der Waals surface area contributed by atoms with Crippen molar-refractivity contribution in [1.82, 2.24) is 9.55 Å². The van der Waals surface area contributed by atoms with Crippen molar-refractivity contribution in [2.24, 2.45) is 0 Å². The highest BCUT2D eigenvalue weighted by Crippen LogP contribution is 2.24. The zero-order chi connectivity index (χ0) is 14.8. The SMILES string of the molecule is Fc1cc2nc(CCCl)n(CCc3ccco3)c2cc1Cl. The van der Waals surface area contributed by atoms with Crippen LogP contribution in [0.25, 0.3) is 11.0 Å². The number of nitrogens with zero attached hydrogens (tertiary/aromatic N) is 2. The Morgan fingerprint density at radius 3 is 2.86 bits per heavy atom. The normalized spacial score (nSPS) is 11.4. The van der Waals surface area contributed by atoms with Crippen molar-refractivity contribution in [2.75, 3.05) is 5.88 Å². The third-order valence-corrected chi connectivity index (χ3v) is 3.83. The fraction of sp³-hybridized carbons (Fsp3) is 0.267. The minimum absolute atomic E-state index is 0.0964. The second-order valence-corrected chi connectivity index (χ2v) is 5.49. The molecule has 0 aliphatic rings. The van der Waals surface area contributed by atoms with Gasteiger partial charge >= 0.3 is 0 Å². The van der Waals surface area contributed by atoms with Crippen molar-refractivity contribution in [2.45, 2.75) is 19.4 Å². The smallest absolute Gasteiger partial charge is 0.144 e. The summed E-state index contributed by atoms with van der Waals surface area (Å²) in [4.78, 5) is 4.45. The fourth-order valence-corrected chi connectivity index (χ4v) is 2.70. The average Bonchev–Trinajstić information content (AvgIpc) is 3.06. The molecule has 1 aromatic carbocycles. The van der Waals surface area contributed by atoms with Crippen LogP contribution in [0, 0.1) is 5.82 Å². The summed E-state index contributed by atoms with van der Waals surface area (Å²) < 4.78 is 20.9. The van der Waals surface area contributed by atoms with E-state index >= 15 is 0 Å².